The van der Waals surface area contributed by atoms with Gasteiger partial charge in [-0.3, -0.25) is 4.98 Å². The molecule has 2 N–H and O–H groups in total. The van der Waals surface area contributed by atoms with Crippen LogP contribution in [-0.4, -0.2) is 21.0 Å². The highest BCUT2D eigenvalue weighted by Gasteiger charge is 2.18. The number of H-pyrrole nitrogens is 1. The first-order valence-corrected chi connectivity index (χ1v) is 4.85. The van der Waals surface area contributed by atoms with Crippen molar-refractivity contribution in [2.45, 2.75) is 0 Å². The van der Waals surface area contributed by atoms with Crippen LogP contribution in [0.25, 0.3) is 22.2 Å². The van der Waals surface area contributed by atoms with Gasteiger partial charge in [0.2, 0.25) is 0 Å². The molecule has 0 aromatic carbocycles. The number of nitrogens with one attached hydrogen (secondary N) is 1. The number of carboxylic acids is 1. The molecule has 0 fully saturated rings. The lowest BCUT2D eigenvalue weighted by atomic mass is 10.1. The molecule has 0 radical (unpaired) electrons. The molecule has 2 aliphatic rings. The first-order chi connectivity index (χ1) is 7.77. The molecule has 1 aromatic rings. The predicted octanol–water partition coefficient (Wildman–Crippen LogP) is 2.37. The summed E-state index contributed by atoms with van der Waals surface area (Å²) < 4.78 is 0. The van der Waals surface area contributed by atoms with Crippen LogP contribution in [0, 0.1) is 0 Å². The van der Waals surface area contributed by atoms with Gasteiger partial charge >= 0.3 is 5.97 Å². The van der Waals surface area contributed by atoms with Gasteiger partial charge in [-0.1, -0.05) is 6.07 Å². The third-order valence-corrected chi connectivity index (χ3v) is 2.64. The SMILES string of the molecule is O=C(O)c1cc[nH]c2c3ncccc3cc1-2. The number of carboxylic acid groups (broad SMARTS) is 1. The normalized spacial score (nSPS) is 11.0. The van der Waals surface area contributed by atoms with Gasteiger partial charge in [-0.15, -0.1) is 0 Å². The highest BCUT2D eigenvalue weighted by atomic mass is 16.4. The quantitative estimate of drug-likeness (QED) is 0.650. The fraction of sp³-hybridized carbons (Fsp3) is 0. The summed E-state index contributed by atoms with van der Waals surface area (Å²) in [6.45, 7) is 0. The van der Waals surface area contributed by atoms with Crippen molar-refractivity contribution in [3.8, 4) is 11.3 Å². The Balaban J connectivity index is 2.45. The Labute approximate surface area is 90.9 Å². The van der Waals surface area contributed by atoms with Crippen molar-refractivity contribution in [3.05, 3.63) is 42.2 Å². The second-order valence-electron chi connectivity index (χ2n) is 3.57. The number of hydrogen-bond donors (Lipinski definition) is 2. The minimum atomic E-state index is -0.922. The van der Waals surface area contributed by atoms with E-state index in [-0.39, 0.29) is 0 Å². The lowest BCUT2D eigenvalue weighted by Crippen LogP contribution is -1.99. The maximum absolute atomic E-state index is 11.1. The predicted molar refractivity (Wildman–Crippen MR) is 59.7 cm³/mol. The number of aromatic amines is 1. The third kappa shape index (κ3) is 1.10. The summed E-state index contributed by atoms with van der Waals surface area (Å²) in [6, 6.07) is 7.16. The van der Waals surface area contributed by atoms with Crippen LogP contribution in [0.4, 0.5) is 0 Å². The minimum Gasteiger partial charge on any atom is -0.478 e. The fourth-order valence-corrected chi connectivity index (χ4v) is 1.94. The molecule has 16 heavy (non-hydrogen) atoms. The molecular weight excluding hydrogens is 204 g/mol. The van der Waals surface area contributed by atoms with Crippen molar-refractivity contribution in [3.63, 3.8) is 0 Å². The van der Waals surface area contributed by atoms with E-state index >= 15 is 0 Å². The van der Waals surface area contributed by atoms with Crippen LogP contribution >= 0.6 is 0 Å². The van der Waals surface area contributed by atoms with Crippen LogP contribution in [0.3, 0.4) is 0 Å². The van der Waals surface area contributed by atoms with Crippen LogP contribution in [0.15, 0.2) is 36.7 Å². The second-order valence-corrected chi connectivity index (χ2v) is 3.57. The smallest absolute Gasteiger partial charge is 0.336 e. The number of fused-ring (bicyclic) bond motifs is 3. The molecule has 0 saturated heterocycles. The zero-order valence-corrected chi connectivity index (χ0v) is 8.27. The Hall–Kier alpha value is -2.36. The molecule has 1 aliphatic carbocycles. The van der Waals surface area contributed by atoms with Crippen molar-refractivity contribution < 1.29 is 9.90 Å². The zero-order chi connectivity index (χ0) is 11.1. The molecule has 0 spiro atoms. The standard InChI is InChI=1S/C12H8N2O2/c15-12(16)8-3-5-14-11-9(8)6-7-2-1-4-13-10(7)11/h1-6,14H,(H,15,16). The highest BCUT2D eigenvalue weighted by molar-refractivity contribution is 6.05. The summed E-state index contributed by atoms with van der Waals surface area (Å²) in [5.74, 6) is -0.922. The summed E-state index contributed by atoms with van der Waals surface area (Å²) in [7, 11) is 0. The third-order valence-electron chi connectivity index (χ3n) is 2.64. The van der Waals surface area contributed by atoms with E-state index in [4.69, 9.17) is 5.11 Å². The summed E-state index contributed by atoms with van der Waals surface area (Å²) >= 11 is 0. The van der Waals surface area contributed by atoms with E-state index < -0.39 is 5.97 Å². The molecule has 1 aromatic heterocycles. The summed E-state index contributed by atoms with van der Waals surface area (Å²) in [6.07, 6.45) is 3.32. The average molecular weight is 212 g/mol. The van der Waals surface area contributed by atoms with Gasteiger partial charge in [-0.25, -0.2) is 4.79 Å². The zero-order valence-electron chi connectivity index (χ0n) is 8.27. The Morgan fingerprint density at radius 3 is 3.06 bits per heavy atom. The van der Waals surface area contributed by atoms with Gasteiger partial charge in [-0.05, 0) is 18.2 Å². The lowest BCUT2D eigenvalue weighted by Gasteiger charge is -2.03. The number of hydrogen-bond acceptors (Lipinski definition) is 2. The van der Waals surface area contributed by atoms with Gasteiger partial charge in [0.25, 0.3) is 0 Å². The lowest BCUT2D eigenvalue weighted by molar-refractivity contribution is 0.0697. The van der Waals surface area contributed by atoms with E-state index in [1.54, 1.807) is 18.5 Å². The van der Waals surface area contributed by atoms with E-state index in [0.717, 1.165) is 16.6 Å². The van der Waals surface area contributed by atoms with Crippen molar-refractivity contribution in [1.82, 2.24) is 9.97 Å². The topological polar surface area (TPSA) is 66.0 Å². The van der Waals surface area contributed by atoms with Gasteiger partial charge in [0.05, 0.1) is 16.8 Å². The molecule has 78 valence electrons. The van der Waals surface area contributed by atoms with Crippen LogP contribution in [0.1, 0.15) is 10.4 Å². The van der Waals surface area contributed by atoms with E-state index in [2.05, 4.69) is 9.97 Å². The second kappa shape index (κ2) is 3.06. The average Bonchev–Trinajstić information content (AvgIpc) is 2.67. The van der Waals surface area contributed by atoms with Crippen LogP contribution in [0.2, 0.25) is 0 Å². The van der Waals surface area contributed by atoms with Gasteiger partial charge in [-0.2, -0.15) is 0 Å². The highest BCUT2D eigenvalue weighted by Crippen LogP contribution is 2.33. The molecule has 0 atom stereocenters. The number of nitrogens with zero attached hydrogens (tertiary/aromatic N) is 1. The van der Waals surface area contributed by atoms with Crippen molar-refractivity contribution in [1.29, 1.82) is 0 Å². The molecule has 4 nitrogen and oxygen atoms in total. The summed E-state index contributed by atoms with van der Waals surface area (Å²) in [5, 5.41) is 10.0. The number of pyridine rings is 2. The van der Waals surface area contributed by atoms with Gasteiger partial charge in [0.1, 0.15) is 0 Å². The van der Waals surface area contributed by atoms with Gasteiger partial charge in [0, 0.05) is 23.3 Å². The molecule has 0 bridgehead atoms. The van der Waals surface area contributed by atoms with Crippen LogP contribution in [0.5, 0.6) is 0 Å². The van der Waals surface area contributed by atoms with Crippen LogP contribution < -0.4 is 0 Å². The van der Waals surface area contributed by atoms with Crippen molar-refractivity contribution in [2.75, 3.05) is 0 Å². The Kier molecular flexibility index (Phi) is 1.71. The maximum atomic E-state index is 11.1. The van der Waals surface area contributed by atoms with Crippen LogP contribution in [-0.2, 0) is 0 Å². The van der Waals surface area contributed by atoms with Crippen molar-refractivity contribution in [2.24, 2.45) is 0 Å². The number of carbonyl (C=O) groups is 1. The molecule has 0 saturated carbocycles. The summed E-state index contributed by atoms with van der Waals surface area (Å²) in [5.41, 5.74) is 2.58. The Morgan fingerprint density at radius 2 is 2.25 bits per heavy atom. The molecule has 1 aliphatic heterocycles. The van der Waals surface area contributed by atoms with E-state index in [1.165, 1.54) is 0 Å². The molecule has 3 rings (SSSR count). The number of rotatable bonds is 1. The number of aromatic nitrogens is 2. The summed E-state index contributed by atoms with van der Waals surface area (Å²) in [4.78, 5) is 18.3. The Bertz CT molecular complexity index is 657. The first kappa shape index (κ1) is 8.91. The monoisotopic (exact) mass is 212 g/mol. The minimum absolute atomic E-state index is 0.298. The van der Waals surface area contributed by atoms with Crippen molar-refractivity contribution >= 4 is 16.9 Å². The van der Waals surface area contributed by atoms with E-state index in [1.807, 2.05) is 18.2 Å². The molecule has 0 amide bonds. The van der Waals surface area contributed by atoms with E-state index in [0.29, 0.717) is 11.1 Å². The van der Waals surface area contributed by atoms with E-state index in [9.17, 15) is 4.79 Å². The first-order valence-electron chi connectivity index (χ1n) is 4.85. The van der Waals surface area contributed by atoms with Gasteiger partial charge in [0.15, 0.2) is 0 Å². The maximum Gasteiger partial charge on any atom is 0.336 e. The fourth-order valence-electron chi connectivity index (χ4n) is 1.94. The number of aromatic carboxylic acids is 1. The molecule has 2 heterocycles. The largest absolute Gasteiger partial charge is 0.478 e. The molecule has 0 unspecified atom stereocenters. The molecule has 4 heteroatoms. The Morgan fingerprint density at radius 1 is 1.38 bits per heavy atom. The molecular formula is C12H8N2O2. The van der Waals surface area contributed by atoms with Gasteiger partial charge < -0.3 is 10.1 Å².